The third-order valence-electron chi connectivity index (χ3n) is 3.13. The van der Waals surface area contributed by atoms with Crippen LogP contribution in [-0.4, -0.2) is 13.7 Å². The van der Waals surface area contributed by atoms with Crippen LogP contribution in [0.4, 0.5) is 18.9 Å². The molecule has 0 amide bonds. The third kappa shape index (κ3) is 5.31. The third-order valence-corrected chi connectivity index (χ3v) is 3.13. The molecule has 1 rings (SSSR count). The first-order valence-corrected chi connectivity index (χ1v) is 6.98. The Labute approximate surface area is 118 Å². The number of unbranched alkanes of at least 4 members (excludes halogenated alkanes) is 4. The lowest BCUT2D eigenvalue weighted by molar-refractivity contribution is -0.137. The van der Waals surface area contributed by atoms with E-state index in [0.29, 0.717) is 6.54 Å². The molecule has 0 aliphatic carbocycles. The summed E-state index contributed by atoms with van der Waals surface area (Å²) in [5.74, 6) is 0.214. The highest BCUT2D eigenvalue weighted by Gasteiger charge is 2.33. The number of methoxy groups -OCH3 is 1. The van der Waals surface area contributed by atoms with Gasteiger partial charge in [0, 0.05) is 12.2 Å². The van der Waals surface area contributed by atoms with Crippen LogP contribution in [0.1, 0.15) is 44.6 Å². The number of hydrogen-bond acceptors (Lipinski definition) is 2. The molecule has 5 heteroatoms. The number of halogens is 3. The van der Waals surface area contributed by atoms with E-state index in [2.05, 4.69) is 12.2 Å². The van der Waals surface area contributed by atoms with E-state index < -0.39 is 11.7 Å². The van der Waals surface area contributed by atoms with E-state index in [-0.39, 0.29) is 11.4 Å². The maximum atomic E-state index is 12.9. The largest absolute Gasteiger partial charge is 0.497 e. The zero-order valence-electron chi connectivity index (χ0n) is 12.0. The van der Waals surface area contributed by atoms with Gasteiger partial charge in [0.2, 0.25) is 0 Å². The lowest BCUT2D eigenvalue weighted by Crippen LogP contribution is -2.12. The van der Waals surface area contributed by atoms with Crippen LogP contribution in [0.2, 0.25) is 0 Å². The van der Waals surface area contributed by atoms with Crippen LogP contribution in [0, 0.1) is 0 Å². The molecule has 0 fully saturated rings. The van der Waals surface area contributed by atoms with Crippen molar-refractivity contribution in [1.29, 1.82) is 0 Å². The Kier molecular flexibility index (Phi) is 6.68. The van der Waals surface area contributed by atoms with Crippen molar-refractivity contribution in [3.05, 3.63) is 23.8 Å². The number of nitrogens with one attached hydrogen (secondary N) is 1. The van der Waals surface area contributed by atoms with Crippen molar-refractivity contribution < 1.29 is 17.9 Å². The highest BCUT2D eigenvalue weighted by atomic mass is 19.4. The molecule has 0 bridgehead atoms. The topological polar surface area (TPSA) is 21.3 Å². The molecule has 0 aliphatic rings. The van der Waals surface area contributed by atoms with Crippen molar-refractivity contribution in [3.63, 3.8) is 0 Å². The minimum Gasteiger partial charge on any atom is -0.497 e. The zero-order valence-corrected chi connectivity index (χ0v) is 12.0. The van der Waals surface area contributed by atoms with Crippen molar-refractivity contribution in [1.82, 2.24) is 0 Å². The molecule has 0 radical (unpaired) electrons. The van der Waals surface area contributed by atoms with Crippen LogP contribution in [0.25, 0.3) is 0 Å². The van der Waals surface area contributed by atoms with Crippen LogP contribution in [0.5, 0.6) is 5.75 Å². The van der Waals surface area contributed by atoms with Gasteiger partial charge in [-0.3, -0.25) is 0 Å². The molecule has 0 atom stereocenters. The molecule has 0 spiro atoms. The molecule has 0 heterocycles. The summed E-state index contributed by atoms with van der Waals surface area (Å²) < 4.78 is 43.7. The van der Waals surface area contributed by atoms with E-state index in [1.807, 2.05) is 0 Å². The zero-order chi connectivity index (χ0) is 15.0. The molecule has 20 heavy (non-hydrogen) atoms. The van der Waals surface area contributed by atoms with E-state index in [0.717, 1.165) is 31.7 Å². The van der Waals surface area contributed by atoms with Gasteiger partial charge in [-0.25, -0.2) is 0 Å². The summed E-state index contributed by atoms with van der Waals surface area (Å²) in [5, 5.41) is 2.87. The van der Waals surface area contributed by atoms with Gasteiger partial charge in [0.25, 0.3) is 0 Å². The van der Waals surface area contributed by atoms with Crippen LogP contribution in [0.15, 0.2) is 18.2 Å². The summed E-state index contributed by atoms with van der Waals surface area (Å²) in [6, 6.07) is 3.99. The summed E-state index contributed by atoms with van der Waals surface area (Å²) in [5.41, 5.74) is -0.556. The lowest BCUT2D eigenvalue weighted by atomic mass is 10.1. The predicted octanol–water partition coefficient (Wildman–Crippen LogP) is 5.10. The standard InChI is InChI=1S/C15H22F3NO/c1-3-4-5-6-7-10-19-14-9-8-12(20-2)11-13(14)15(16,17)18/h8-9,11,19H,3-7,10H2,1-2H3. The van der Waals surface area contributed by atoms with Crippen molar-refractivity contribution in [2.45, 2.75) is 45.2 Å². The minimum absolute atomic E-state index is 0.119. The highest BCUT2D eigenvalue weighted by Crippen LogP contribution is 2.37. The number of hydrogen-bond donors (Lipinski definition) is 1. The Balaban J connectivity index is 2.60. The maximum absolute atomic E-state index is 12.9. The number of alkyl halides is 3. The van der Waals surface area contributed by atoms with Crippen molar-refractivity contribution in [3.8, 4) is 5.75 Å². The summed E-state index contributed by atoms with van der Waals surface area (Å²) >= 11 is 0. The average molecular weight is 289 g/mol. The van der Waals surface area contributed by atoms with Gasteiger partial charge in [-0.15, -0.1) is 0 Å². The van der Waals surface area contributed by atoms with Gasteiger partial charge in [-0.05, 0) is 24.6 Å². The van der Waals surface area contributed by atoms with E-state index in [1.54, 1.807) is 0 Å². The van der Waals surface area contributed by atoms with Crippen LogP contribution in [-0.2, 0) is 6.18 Å². The molecule has 0 aromatic heterocycles. The summed E-state index contributed by atoms with van der Waals surface area (Å²) in [6.45, 7) is 2.68. The fourth-order valence-electron chi connectivity index (χ4n) is 1.99. The second kappa shape index (κ2) is 8.02. The summed E-state index contributed by atoms with van der Waals surface area (Å²) in [6.07, 6.45) is 1.01. The summed E-state index contributed by atoms with van der Waals surface area (Å²) in [4.78, 5) is 0. The average Bonchev–Trinajstić information content (AvgIpc) is 2.41. The van der Waals surface area contributed by atoms with Gasteiger partial charge in [0.15, 0.2) is 0 Å². The van der Waals surface area contributed by atoms with Gasteiger partial charge >= 0.3 is 6.18 Å². The minimum atomic E-state index is -4.38. The second-order valence-electron chi connectivity index (χ2n) is 4.75. The Bertz CT molecular complexity index is 405. The number of rotatable bonds is 8. The molecule has 1 N–H and O–H groups in total. The van der Waals surface area contributed by atoms with Gasteiger partial charge in [-0.1, -0.05) is 32.6 Å². The molecule has 1 aromatic rings. The molecule has 0 saturated carbocycles. The Morgan fingerprint density at radius 1 is 1.10 bits per heavy atom. The monoisotopic (exact) mass is 289 g/mol. The van der Waals surface area contributed by atoms with Gasteiger partial charge in [0.05, 0.1) is 12.7 Å². The van der Waals surface area contributed by atoms with Crippen molar-refractivity contribution >= 4 is 5.69 Å². The van der Waals surface area contributed by atoms with Gasteiger partial charge in [0.1, 0.15) is 5.75 Å². The maximum Gasteiger partial charge on any atom is 0.418 e. The molecular formula is C15H22F3NO. The van der Waals surface area contributed by atoms with E-state index in [1.165, 1.54) is 25.7 Å². The number of benzene rings is 1. The van der Waals surface area contributed by atoms with Gasteiger partial charge < -0.3 is 10.1 Å². The molecule has 2 nitrogen and oxygen atoms in total. The van der Waals surface area contributed by atoms with Crippen molar-refractivity contribution in [2.75, 3.05) is 19.0 Å². The van der Waals surface area contributed by atoms with Crippen LogP contribution in [0.3, 0.4) is 0 Å². The SMILES string of the molecule is CCCCCCCNc1ccc(OC)cc1C(F)(F)F. The van der Waals surface area contributed by atoms with E-state index in [4.69, 9.17) is 4.74 Å². The fourth-order valence-corrected chi connectivity index (χ4v) is 1.99. The number of ether oxygens (including phenoxy) is 1. The first-order chi connectivity index (χ1) is 9.49. The Morgan fingerprint density at radius 2 is 1.80 bits per heavy atom. The Morgan fingerprint density at radius 3 is 2.40 bits per heavy atom. The van der Waals surface area contributed by atoms with E-state index >= 15 is 0 Å². The van der Waals surface area contributed by atoms with Crippen LogP contribution < -0.4 is 10.1 Å². The molecule has 1 aromatic carbocycles. The molecule has 0 aliphatic heterocycles. The first kappa shape index (κ1) is 16.7. The lowest BCUT2D eigenvalue weighted by Gasteiger charge is -2.15. The molecule has 114 valence electrons. The quantitative estimate of drug-likeness (QED) is 0.672. The van der Waals surface area contributed by atoms with Crippen molar-refractivity contribution in [2.24, 2.45) is 0 Å². The van der Waals surface area contributed by atoms with E-state index in [9.17, 15) is 13.2 Å². The summed E-state index contributed by atoms with van der Waals surface area (Å²) in [7, 11) is 1.36. The smallest absolute Gasteiger partial charge is 0.418 e. The van der Waals surface area contributed by atoms with Gasteiger partial charge in [-0.2, -0.15) is 13.2 Å². The van der Waals surface area contributed by atoms with Crippen LogP contribution >= 0.6 is 0 Å². The molecule has 0 saturated heterocycles. The first-order valence-electron chi connectivity index (χ1n) is 6.98. The predicted molar refractivity (Wildman–Crippen MR) is 75.2 cm³/mol. The normalized spacial score (nSPS) is 11.4. The highest BCUT2D eigenvalue weighted by molar-refractivity contribution is 5.55. The molecular weight excluding hydrogens is 267 g/mol. The Hall–Kier alpha value is -1.39. The fraction of sp³-hybridized carbons (Fsp3) is 0.600. The number of anilines is 1. The molecule has 0 unspecified atom stereocenters. The second-order valence-corrected chi connectivity index (χ2v) is 4.75.